The van der Waals surface area contributed by atoms with E-state index in [2.05, 4.69) is 146 Å². The van der Waals surface area contributed by atoms with Crippen LogP contribution in [0.25, 0.3) is 22.3 Å². The standard InChI is InChI=1S/C34H34N2/c1-3-36-25-34(24-35-2)32(28-20-12-6-13-21-28)30(26-16-8-4-9-17-26)31(27-18-10-5-11-19-27)33(34)29-22-14-7-15-23-29/h4-23,35-36H,3,24-25H2,1-2H3. The summed E-state index contributed by atoms with van der Waals surface area (Å²) in [6, 6.07) is 43.8. The quantitative estimate of drug-likeness (QED) is 0.274. The van der Waals surface area contributed by atoms with E-state index in [0.717, 1.165) is 19.6 Å². The van der Waals surface area contributed by atoms with Crippen molar-refractivity contribution < 1.29 is 0 Å². The van der Waals surface area contributed by atoms with Gasteiger partial charge in [0.25, 0.3) is 0 Å². The molecule has 2 heteroatoms. The van der Waals surface area contributed by atoms with Crippen LogP contribution in [0.2, 0.25) is 0 Å². The molecule has 0 heterocycles. The Balaban J connectivity index is 1.97. The van der Waals surface area contributed by atoms with Crippen LogP contribution < -0.4 is 10.6 Å². The summed E-state index contributed by atoms with van der Waals surface area (Å²) in [4.78, 5) is 0. The molecule has 0 aromatic heterocycles. The summed E-state index contributed by atoms with van der Waals surface area (Å²) in [5.41, 5.74) is 10.2. The van der Waals surface area contributed by atoms with Gasteiger partial charge in [-0.1, -0.05) is 128 Å². The number of hydrogen-bond donors (Lipinski definition) is 2. The number of benzene rings is 4. The lowest BCUT2D eigenvalue weighted by atomic mass is 9.70. The molecule has 2 N–H and O–H groups in total. The Labute approximate surface area is 215 Å². The first-order chi connectivity index (χ1) is 17.8. The fourth-order valence-electron chi connectivity index (χ4n) is 5.75. The first-order valence-corrected chi connectivity index (χ1v) is 12.9. The van der Waals surface area contributed by atoms with E-state index in [0.29, 0.717) is 0 Å². The Morgan fingerprint density at radius 2 is 0.861 bits per heavy atom. The van der Waals surface area contributed by atoms with Gasteiger partial charge in [-0.05, 0) is 58.1 Å². The molecule has 180 valence electrons. The van der Waals surface area contributed by atoms with Gasteiger partial charge in [-0.15, -0.1) is 0 Å². The highest BCUT2D eigenvalue weighted by atomic mass is 14.9. The maximum absolute atomic E-state index is 3.75. The molecule has 4 aromatic carbocycles. The monoisotopic (exact) mass is 470 g/mol. The lowest BCUT2D eigenvalue weighted by molar-refractivity contribution is 0.465. The summed E-state index contributed by atoms with van der Waals surface area (Å²) in [6.07, 6.45) is 0. The second-order valence-corrected chi connectivity index (χ2v) is 9.36. The summed E-state index contributed by atoms with van der Waals surface area (Å²) in [6.45, 7) is 4.76. The van der Waals surface area contributed by atoms with E-state index < -0.39 is 0 Å². The van der Waals surface area contributed by atoms with Gasteiger partial charge in [-0.3, -0.25) is 0 Å². The van der Waals surface area contributed by atoms with Crippen LogP contribution in [0.15, 0.2) is 121 Å². The van der Waals surface area contributed by atoms with Crippen molar-refractivity contribution >= 4 is 22.3 Å². The molecule has 1 aliphatic carbocycles. The van der Waals surface area contributed by atoms with Crippen molar-refractivity contribution in [2.75, 3.05) is 26.7 Å². The predicted octanol–water partition coefficient (Wildman–Crippen LogP) is 7.04. The van der Waals surface area contributed by atoms with Crippen LogP contribution >= 0.6 is 0 Å². The molecule has 0 spiro atoms. The van der Waals surface area contributed by atoms with Gasteiger partial charge in [-0.25, -0.2) is 0 Å². The van der Waals surface area contributed by atoms with Crippen molar-refractivity contribution in [1.29, 1.82) is 0 Å². The van der Waals surface area contributed by atoms with Crippen LogP contribution in [0.1, 0.15) is 29.2 Å². The number of nitrogens with one attached hydrogen (secondary N) is 2. The SMILES string of the molecule is CCNCC1(CNC)C(c2ccccc2)=C(c2ccccc2)C(c2ccccc2)=C1c1ccccc1. The van der Waals surface area contributed by atoms with Gasteiger partial charge in [0, 0.05) is 18.5 Å². The number of allylic oxidation sites excluding steroid dienone is 2. The van der Waals surface area contributed by atoms with E-state index in [1.54, 1.807) is 0 Å². The zero-order chi connectivity index (χ0) is 24.8. The summed E-state index contributed by atoms with van der Waals surface area (Å²) in [5, 5.41) is 7.35. The largest absolute Gasteiger partial charge is 0.318 e. The highest BCUT2D eigenvalue weighted by molar-refractivity contribution is 6.29. The molecule has 0 fully saturated rings. The van der Waals surface area contributed by atoms with Crippen LogP contribution in [0, 0.1) is 5.41 Å². The smallest absolute Gasteiger partial charge is 0.0475 e. The molecular formula is C34H34N2. The van der Waals surface area contributed by atoms with Crippen LogP contribution in [-0.2, 0) is 0 Å². The molecule has 36 heavy (non-hydrogen) atoms. The van der Waals surface area contributed by atoms with Crippen molar-refractivity contribution in [3.63, 3.8) is 0 Å². The molecule has 0 saturated heterocycles. The van der Waals surface area contributed by atoms with E-state index in [-0.39, 0.29) is 5.41 Å². The Hall–Kier alpha value is -3.72. The zero-order valence-corrected chi connectivity index (χ0v) is 21.2. The Kier molecular flexibility index (Phi) is 7.27. The second kappa shape index (κ2) is 10.9. The van der Waals surface area contributed by atoms with E-state index in [9.17, 15) is 0 Å². The maximum Gasteiger partial charge on any atom is 0.0475 e. The summed E-state index contributed by atoms with van der Waals surface area (Å²) in [5.74, 6) is 0. The van der Waals surface area contributed by atoms with E-state index in [1.807, 2.05) is 0 Å². The van der Waals surface area contributed by atoms with Crippen molar-refractivity contribution in [3.05, 3.63) is 144 Å². The number of rotatable bonds is 9. The Morgan fingerprint density at radius 3 is 1.19 bits per heavy atom. The van der Waals surface area contributed by atoms with Crippen molar-refractivity contribution in [3.8, 4) is 0 Å². The lowest BCUT2D eigenvalue weighted by Crippen LogP contribution is -2.42. The topological polar surface area (TPSA) is 24.1 Å². The maximum atomic E-state index is 3.75. The average molecular weight is 471 g/mol. The molecule has 1 aliphatic rings. The van der Waals surface area contributed by atoms with Crippen LogP contribution in [0.4, 0.5) is 0 Å². The van der Waals surface area contributed by atoms with Crippen LogP contribution in [0.3, 0.4) is 0 Å². The van der Waals surface area contributed by atoms with Gasteiger partial charge < -0.3 is 10.6 Å². The molecule has 5 rings (SSSR count). The summed E-state index contributed by atoms with van der Waals surface area (Å²) < 4.78 is 0. The first-order valence-electron chi connectivity index (χ1n) is 12.9. The molecule has 2 nitrogen and oxygen atoms in total. The first kappa shape index (κ1) is 24.0. The molecular weight excluding hydrogens is 436 g/mol. The number of hydrogen-bond acceptors (Lipinski definition) is 2. The van der Waals surface area contributed by atoms with Crippen LogP contribution in [0.5, 0.6) is 0 Å². The van der Waals surface area contributed by atoms with Gasteiger partial charge >= 0.3 is 0 Å². The molecule has 0 radical (unpaired) electrons. The third-order valence-electron chi connectivity index (χ3n) is 7.11. The third kappa shape index (κ3) is 4.35. The summed E-state index contributed by atoms with van der Waals surface area (Å²) >= 11 is 0. The van der Waals surface area contributed by atoms with E-state index in [4.69, 9.17) is 0 Å². The van der Waals surface area contributed by atoms with Gasteiger partial charge in [0.05, 0.1) is 0 Å². The predicted molar refractivity (Wildman–Crippen MR) is 154 cm³/mol. The molecule has 4 aromatic rings. The molecule has 0 atom stereocenters. The molecule has 0 amide bonds. The highest BCUT2D eigenvalue weighted by Gasteiger charge is 2.47. The zero-order valence-electron chi connectivity index (χ0n) is 21.2. The van der Waals surface area contributed by atoms with Crippen LogP contribution in [-0.4, -0.2) is 26.7 Å². The molecule has 0 unspecified atom stereocenters. The summed E-state index contributed by atoms with van der Waals surface area (Å²) in [7, 11) is 2.07. The average Bonchev–Trinajstić information content (AvgIpc) is 3.25. The van der Waals surface area contributed by atoms with Crippen molar-refractivity contribution in [2.45, 2.75) is 6.92 Å². The lowest BCUT2D eigenvalue weighted by Gasteiger charge is -2.37. The van der Waals surface area contributed by atoms with Gasteiger partial charge in [0.2, 0.25) is 0 Å². The van der Waals surface area contributed by atoms with Gasteiger partial charge in [0.1, 0.15) is 0 Å². The van der Waals surface area contributed by atoms with Gasteiger partial charge in [0.15, 0.2) is 0 Å². The fourth-order valence-corrected chi connectivity index (χ4v) is 5.75. The fraction of sp³-hybridized carbons (Fsp3) is 0.176. The van der Waals surface area contributed by atoms with Crippen molar-refractivity contribution in [2.24, 2.45) is 5.41 Å². The van der Waals surface area contributed by atoms with E-state index in [1.165, 1.54) is 44.5 Å². The van der Waals surface area contributed by atoms with Crippen molar-refractivity contribution in [1.82, 2.24) is 10.6 Å². The third-order valence-corrected chi connectivity index (χ3v) is 7.11. The minimum absolute atomic E-state index is 0.274. The normalized spacial score (nSPS) is 14.9. The highest BCUT2D eigenvalue weighted by Crippen LogP contribution is 2.60. The Bertz CT molecular complexity index is 1240. The van der Waals surface area contributed by atoms with E-state index >= 15 is 0 Å². The molecule has 0 bridgehead atoms. The minimum Gasteiger partial charge on any atom is -0.318 e. The molecule has 0 saturated carbocycles. The molecule has 0 aliphatic heterocycles. The minimum atomic E-state index is -0.274. The Morgan fingerprint density at radius 1 is 0.500 bits per heavy atom. The van der Waals surface area contributed by atoms with Gasteiger partial charge in [-0.2, -0.15) is 0 Å². The second-order valence-electron chi connectivity index (χ2n) is 9.36.